The monoisotopic (exact) mass is 560 g/mol. The van der Waals surface area contributed by atoms with Crippen molar-refractivity contribution < 1.29 is 14.3 Å². The average Bonchev–Trinajstić information content (AvgIpc) is 3.30. The van der Waals surface area contributed by atoms with Crippen LogP contribution in [0.4, 0.5) is 0 Å². The number of unbranched alkanes of at least 4 members (excludes halogenated alkanes) is 15. The molecule has 224 valence electrons. The number of fused-ring (bicyclic) bond motifs is 1. The maximum Gasteiger partial charge on any atom is 0.338 e. The first-order chi connectivity index (χ1) is 20.2. The number of carbonyl (C=O) groups is 1. The maximum atomic E-state index is 12.5. The van der Waals surface area contributed by atoms with Crippen molar-refractivity contribution in [3.63, 3.8) is 0 Å². The smallest absolute Gasteiger partial charge is 0.338 e. The van der Waals surface area contributed by atoms with E-state index >= 15 is 0 Å². The van der Waals surface area contributed by atoms with Crippen molar-refractivity contribution >= 4 is 5.97 Å². The van der Waals surface area contributed by atoms with E-state index in [0.717, 1.165) is 48.6 Å². The summed E-state index contributed by atoms with van der Waals surface area (Å²) in [7, 11) is 0. The lowest BCUT2D eigenvalue weighted by molar-refractivity contribution is 0.0498. The van der Waals surface area contributed by atoms with Crippen LogP contribution >= 0.6 is 0 Å². The van der Waals surface area contributed by atoms with Gasteiger partial charge in [-0.3, -0.25) is 0 Å². The molecule has 0 saturated carbocycles. The molecule has 0 unspecified atom stereocenters. The lowest BCUT2D eigenvalue weighted by atomic mass is 10.1. The number of benzene rings is 1. The van der Waals surface area contributed by atoms with Gasteiger partial charge >= 0.3 is 5.97 Å². The predicted octanol–water partition coefficient (Wildman–Crippen LogP) is 10.5. The van der Waals surface area contributed by atoms with Crippen LogP contribution in [0, 0.1) is 0 Å². The highest BCUT2D eigenvalue weighted by atomic mass is 16.5. The minimum Gasteiger partial charge on any atom is -0.494 e. The van der Waals surface area contributed by atoms with E-state index in [1.54, 1.807) is 12.1 Å². The van der Waals surface area contributed by atoms with E-state index in [1.165, 1.54) is 89.9 Å². The van der Waals surface area contributed by atoms with Crippen LogP contribution in [0.25, 0.3) is 22.8 Å². The van der Waals surface area contributed by atoms with Crippen molar-refractivity contribution in [2.24, 2.45) is 0 Å². The van der Waals surface area contributed by atoms with E-state index in [-0.39, 0.29) is 5.97 Å². The summed E-state index contributed by atoms with van der Waals surface area (Å²) >= 11 is 0. The topological polar surface area (TPSA) is 61.3 Å². The van der Waals surface area contributed by atoms with Crippen LogP contribution in [0.15, 0.2) is 48.5 Å². The zero-order valence-corrected chi connectivity index (χ0v) is 25.7. The van der Waals surface area contributed by atoms with Crippen LogP contribution in [-0.4, -0.2) is 29.2 Å². The number of aromatic nitrogens is 2. The molecule has 1 aromatic rings. The molecule has 0 bridgehead atoms. The lowest BCUT2D eigenvalue weighted by Gasteiger charge is -2.06. The second kappa shape index (κ2) is 20.0. The molecule has 0 amide bonds. The molecule has 41 heavy (non-hydrogen) atoms. The standard InChI is InChI=1S/C36H52N2O3/c1-3-5-7-9-11-13-15-17-19-29-41-36(39)31-22-26-33-34(27-23-31)38-35(37-33)30-20-24-32(25-21-30)40-28-18-16-14-12-10-8-6-4-2/h20-27H,3-19,28-29H2,1-2H3. The van der Waals surface area contributed by atoms with Gasteiger partial charge in [0.05, 0.1) is 30.2 Å². The lowest BCUT2D eigenvalue weighted by Crippen LogP contribution is -2.05. The van der Waals surface area contributed by atoms with Crippen LogP contribution in [0.1, 0.15) is 133 Å². The summed E-state index contributed by atoms with van der Waals surface area (Å²) in [5.41, 5.74) is 2.99. The fraction of sp³-hybridized carbons (Fsp3) is 0.583. The van der Waals surface area contributed by atoms with Crippen molar-refractivity contribution in [1.29, 1.82) is 0 Å². The van der Waals surface area contributed by atoms with Gasteiger partial charge in [0.2, 0.25) is 0 Å². The molecule has 0 saturated heterocycles. The molecule has 5 heteroatoms. The number of ether oxygens (including phenoxy) is 2. The zero-order chi connectivity index (χ0) is 29.0. The molecule has 0 atom stereocenters. The molecule has 0 aromatic heterocycles. The molecule has 0 radical (unpaired) electrons. The van der Waals surface area contributed by atoms with Gasteiger partial charge in [-0.05, 0) is 61.4 Å². The van der Waals surface area contributed by atoms with Crippen molar-refractivity contribution in [2.45, 2.75) is 123 Å². The number of rotatable bonds is 22. The summed E-state index contributed by atoms with van der Waals surface area (Å²) in [5, 5.41) is 0. The molecule has 1 aromatic carbocycles. The third-order valence-corrected chi connectivity index (χ3v) is 7.65. The van der Waals surface area contributed by atoms with Crippen molar-refractivity contribution in [3.05, 3.63) is 54.1 Å². The Morgan fingerprint density at radius 2 is 1.02 bits per heavy atom. The molecule has 5 nitrogen and oxygen atoms in total. The molecule has 1 aliphatic heterocycles. The van der Waals surface area contributed by atoms with E-state index in [0.29, 0.717) is 18.0 Å². The highest BCUT2D eigenvalue weighted by Crippen LogP contribution is 2.26. The van der Waals surface area contributed by atoms with Gasteiger partial charge in [0.1, 0.15) is 5.75 Å². The number of nitrogens with zero attached hydrogens (tertiary/aromatic N) is 2. The summed E-state index contributed by atoms with van der Waals surface area (Å²) in [4.78, 5) is 21.9. The third kappa shape index (κ3) is 12.6. The van der Waals surface area contributed by atoms with Gasteiger partial charge in [-0.1, -0.05) is 110 Å². The molecule has 1 aliphatic carbocycles. The number of imidazole rings is 1. The summed E-state index contributed by atoms with van der Waals surface area (Å²) in [6.45, 7) is 5.73. The first-order valence-corrected chi connectivity index (χ1v) is 16.4. The summed E-state index contributed by atoms with van der Waals surface area (Å²) in [5.74, 6) is 1.27. The summed E-state index contributed by atoms with van der Waals surface area (Å²) in [6, 6.07) is 15.2. The van der Waals surface area contributed by atoms with Crippen LogP contribution in [0.5, 0.6) is 5.75 Å². The van der Waals surface area contributed by atoms with Crippen molar-refractivity contribution in [1.82, 2.24) is 9.97 Å². The second-order valence-corrected chi connectivity index (χ2v) is 11.3. The summed E-state index contributed by atoms with van der Waals surface area (Å²) in [6.07, 6.45) is 21.5. The maximum absolute atomic E-state index is 12.5. The van der Waals surface area contributed by atoms with E-state index in [1.807, 2.05) is 36.4 Å². The Kier molecular flexibility index (Phi) is 15.9. The second-order valence-electron chi connectivity index (χ2n) is 11.3. The van der Waals surface area contributed by atoms with E-state index < -0.39 is 0 Å². The highest BCUT2D eigenvalue weighted by Gasteiger charge is 2.13. The van der Waals surface area contributed by atoms with Gasteiger partial charge in [0.15, 0.2) is 5.82 Å². The molecule has 0 spiro atoms. The normalized spacial score (nSPS) is 11.2. The Balaban J connectivity index is 1.37. The van der Waals surface area contributed by atoms with E-state index in [9.17, 15) is 4.79 Å². The fourth-order valence-electron chi connectivity index (χ4n) is 5.06. The van der Waals surface area contributed by atoms with Crippen LogP contribution in [-0.2, 0) is 4.74 Å². The van der Waals surface area contributed by atoms with Crippen molar-refractivity contribution in [2.75, 3.05) is 13.2 Å². The van der Waals surface area contributed by atoms with Gasteiger partial charge in [0, 0.05) is 5.56 Å². The Morgan fingerprint density at radius 1 is 0.561 bits per heavy atom. The number of esters is 1. The van der Waals surface area contributed by atoms with Crippen LogP contribution in [0.2, 0.25) is 0 Å². The van der Waals surface area contributed by atoms with Gasteiger partial charge in [-0.15, -0.1) is 0 Å². The Morgan fingerprint density at radius 3 is 1.54 bits per heavy atom. The SMILES string of the molecule is CCCCCCCCCCCOC(=O)c1ccc2nc(-c3ccc(OCCCCCCCCCC)cc3)nc-2cc1. The van der Waals surface area contributed by atoms with Gasteiger partial charge in [-0.25, -0.2) is 14.8 Å². The number of hydrogen-bond donors (Lipinski definition) is 0. The first kappa shape index (κ1) is 32.6. The highest BCUT2D eigenvalue weighted by molar-refractivity contribution is 5.89. The average molecular weight is 561 g/mol. The Bertz CT molecular complexity index is 1050. The predicted molar refractivity (Wildman–Crippen MR) is 170 cm³/mol. The van der Waals surface area contributed by atoms with E-state index in [4.69, 9.17) is 19.4 Å². The molecule has 2 aliphatic rings. The van der Waals surface area contributed by atoms with E-state index in [2.05, 4.69) is 13.8 Å². The molecular formula is C36H52N2O3. The minimum atomic E-state index is -0.287. The molecule has 3 rings (SSSR count). The quantitative estimate of drug-likeness (QED) is 0.0903. The largest absolute Gasteiger partial charge is 0.494 e. The van der Waals surface area contributed by atoms with Gasteiger partial charge < -0.3 is 9.47 Å². The van der Waals surface area contributed by atoms with Crippen LogP contribution < -0.4 is 4.74 Å². The Labute approximate surface area is 248 Å². The fourth-order valence-corrected chi connectivity index (χ4v) is 5.06. The molecule has 0 N–H and O–H groups in total. The minimum absolute atomic E-state index is 0.287. The van der Waals surface area contributed by atoms with Crippen LogP contribution in [0.3, 0.4) is 0 Å². The molecule has 1 heterocycles. The molecular weight excluding hydrogens is 508 g/mol. The Hall–Kier alpha value is -2.95. The van der Waals surface area contributed by atoms with Gasteiger partial charge in [0.25, 0.3) is 0 Å². The number of hydrogen-bond acceptors (Lipinski definition) is 5. The zero-order valence-electron chi connectivity index (χ0n) is 25.7. The number of carbonyl (C=O) groups excluding carboxylic acids is 1. The van der Waals surface area contributed by atoms with Gasteiger partial charge in [-0.2, -0.15) is 0 Å². The first-order valence-electron chi connectivity index (χ1n) is 16.4. The molecule has 0 fully saturated rings. The van der Waals surface area contributed by atoms with Crippen molar-refractivity contribution in [3.8, 4) is 28.5 Å². The third-order valence-electron chi connectivity index (χ3n) is 7.65. The summed E-state index contributed by atoms with van der Waals surface area (Å²) < 4.78 is 11.4.